The lowest BCUT2D eigenvalue weighted by Crippen LogP contribution is -2.59. The summed E-state index contributed by atoms with van der Waals surface area (Å²) in [6.07, 6.45) is 1.99. The predicted octanol–water partition coefficient (Wildman–Crippen LogP) is 3.29. The van der Waals surface area contributed by atoms with Crippen LogP contribution in [0.15, 0.2) is 41.5 Å². The van der Waals surface area contributed by atoms with Crippen LogP contribution in [0.4, 0.5) is 0 Å². The Kier molecular flexibility index (Phi) is 4.87. The number of para-hydroxylation sites is 1. The highest BCUT2D eigenvalue weighted by atomic mass is 16.5. The minimum Gasteiger partial charge on any atom is -0.504 e. The van der Waals surface area contributed by atoms with Crippen molar-refractivity contribution in [2.24, 2.45) is 5.10 Å². The molecule has 3 heterocycles. The van der Waals surface area contributed by atoms with Crippen LogP contribution in [0, 0.1) is 0 Å². The molecule has 0 aliphatic carbocycles. The summed E-state index contributed by atoms with van der Waals surface area (Å²) in [5.41, 5.74) is 2.19. The largest absolute Gasteiger partial charge is 0.504 e. The standard InChI is InChI=1S/C24H27N3O5/c1-15(28)26-11-9-24(10-12-26)27-19(17-5-4-6-21(30-2)23(17)32-24)14-18(25-27)16-7-8-20(29)22(13-16)31-3/h4-8,13,19,29H,9-12,14H2,1-3H3/t19-/m0/s1. The zero-order valence-electron chi connectivity index (χ0n) is 18.5. The van der Waals surface area contributed by atoms with E-state index in [1.54, 1.807) is 20.1 Å². The number of amides is 1. The minimum absolute atomic E-state index is 0.00692. The summed E-state index contributed by atoms with van der Waals surface area (Å²) >= 11 is 0. The number of carbonyl (C=O) groups is 1. The number of hydrogen-bond acceptors (Lipinski definition) is 7. The molecule has 32 heavy (non-hydrogen) atoms. The molecule has 2 aromatic rings. The fraction of sp³-hybridized carbons (Fsp3) is 0.417. The molecular weight excluding hydrogens is 410 g/mol. The molecule has 1 amide bonds. The van der Waals surface area contributed by atoms with Crippen molar-refractivity contribution >= 4 is 11.6 Å². The molecule has 0 radical (unpaired) electrons. The number of nitrogens with zero attached hydrogens (tertiary/aromatic N) is 3. The SMILES string of the molecule is COc1cc(C2=NN3[C@@H](C2)c2cccc(OC)c2OC32CCN(C(C)=O)CC2)ccc1O. The number of methoxy groups -OCH3 is 2. The van der Waals surface area contributed by atoms with Crippen LogP contribution in [0.3, 0.4) is 0 Å². The Balaban J connectivity index is 1.57. The Morgan fingerprint density at radius 2 is 1.91 bits per heavy atom. The topological polar surface area (TPSA) is 83.8 Å². The van der Waals surface area contributed by atoms with E-state index in [-0.39, 0.29) is 17.7 Å². The number of piperidine rings is 1. The second-order valence-electron chi connectivity index (χ2n) is 8.43. The van der Waals surface area contributed by atoms with Crippen molar-refractivity contribution in [3.05, 3.63) is 47.5 Å². The molecule has 1 fully saturated rings. The number of rotatable bonds is 3. The third kappa shape index (κ3) is 3.13. The second kappa shape index (κ2) is 7.62. The van der Waals surface area contributed by atoms with E-state index in [0.717, 1.165) is 22.6 Å². The molecule has 1 saturated heterocycles. The third-order valence-electron chi connectivity index (χ3n) is 6.71. The number of fused-ring (bicyclic) bond motifs is 4. The van der Waals surface area contributed by atoms with Gasteiger partial charge in [-0.2, -0.15) is 5.10 Å². The Hall–Kier alpha value is -3.42. The van der Waals surface area contributed by atoms with Crippen LogP contribution < -0.4 is 14.2 Å². The van der Waals surface area contributed by atoms with Crippen molar-refractivity contribution in [3.63, 3.8) is 0 Å². The van der Waals surface area contributed by atoms with Crippen LogP contribution in [-0.4, -0.2) is 59.7 Å². The molecule has 8 nitrogen and oxygen atoms in total. The zero-order chi connectivity index (χ0) is 22.5. The molecule has 3 aliphatic rings. The number of hydrogen-bond donors (Lipinski definition) is 1. The smallest absolute Gasteiger partial charge is 0.219 e. The van der Waals surface area contributed by atoms with E-state index in [2.05, 4.69) is 11.1 Å². The summed E-state index contributed by atoms with van der Waals surface area (Å²) in [5.74, 6) is 2.05. The lowest BCUT2D eigenvalue weighted by molar-refractivity contribution is -0.159. The van der Waals surface area contributed by atoms with Gasteiger partial charge < -0.3 is 24.2 Å². The van der Waals surface area contributed by atoms with E-state index >= 15 is 0 Å². The van der Waals surface area contributed by atoms with Gasteiger partial charge in [0, 0.05) is 50.4 Å². The van der Waals surface area contributed by atoms with Gasteiger partial charge in [-0.15, -0.1) is 0 Å². The monoisotopic (exact) mass is 437 g/mol. The van der Waals surface area contributed by atoms with Gasteiger partial charge in [0.25, 0.3) is 0 Å². The maximum Gasteiger partial charge on any atom is 0.219 e. The first-order valence-electron chi connectivity index (χ1n) is 10.8. The second-order valence-corrected chi connectivity index (χ2v) is 8.43. The van der Waals surface area contributed by atoms with Gasteiger partial charge in [-0.1, -0.05) is 12.1 Å². The van der Waals surface area contributed by atoms with Crippen molar-refractivity contribution in [1.29, 1.82) is 0 Å². The average Bonchev–Trinajstić information content (AvgIpc) is 3.26. The van der Waals surface area contributed by atoms with Crippen LogP contribution in [-0.2, 0) is 4.79 Å². The van der Waals surface area contributed by atoms with Crippen LogP contribution >= 0.6 is 0 Å². The Labute approximate surface area is 187 Å². The fourth-order valence-corrected chi connectivity index (χ4v) is 4.96. The molecule has 0 unspecified atom stereocenters. The molecule has 5 rings (SSSR count). The Morgan fingerprint density at radius 1 is 1.16 bits per heavy atom. The van der Waals surface area contributed by atoms with E-state index in [9.17, 15) is 9.90 Å². The Bertz CT molecular complexity index is 1090. The van der Waals surface area contributed by atoms with Crippen molar-refractivity contribution < 1.29 is 24.1 Å². The molecule has 1 atom stereocenters. The van der Waals surface area contributed by atoms with E-state index in [0.29, 0.717) is 43.9 Å². The molecule has 0 saturated carbocycles. The van der Waals surface area contributed by atoms with Crippen molar-refractivity contribution in [1.82, 2.24) is 9.91 Å². The van der Waals surface area contributed by atoms with Crippen LogP contribution in [0.1, 0.15) is 43.4 Å². The summed E-state index contributed by atoms with van der Waals surface area (Å²) < 4.78 is 17.6. The first-order valence-corrected chi connectivity index (χ1v) is 10.8. The molecule has 168 valence electrons. The van der Waals surface area contributed by atoms with Crippen molar-refractivity contribution in [2.45, 2.75) is 38.0 Å². The number of ether oxygens (including phenoxy) is 3. The summed E-state index contributed by atoms with van der Waals surface area (Å²) in [5, 5.41) is 17.1. The van der Waals surface area contributed by atoms with E-state index in [1.165, 1.54) is 7.11 Å². The van der Waals surface area contributed by atoms with Crippen molar-refractivity contribution in [3.8, 4) is 23.0 Å². The van der Waals surface area contributed by atoms with Crippen molar-refractivity contribution in [2.75, 3.05) is 27.3 Å². The van der Waals surface area contributed by atoms with Crippen LogP contribution in [0.5, 0.6) is 23.0 Å². The molecular formula is C24H27N3O5. The van der Waals surface area contributed by atoms with Gasteiger partial charge in [0.05, 0.1) is 26.0 Å². The number of aromatic hydroxyl groups is 1. The molecule has 8 heteroatoms. The minimum atomic E-state index is -0.652. The molecule has 0 aromatic heterocycles. The van der Waals surface area contributed by atoms with Gasteiger partial charge in [-0.25, -0.2) is 5.01 Å². The summed E-state index contributed by atoms with van der Waals surface area (Å²) in [6, 6.07) is 11.2. The number of likely N-dealkylation sites (tertiary alicyclic amines) is 1. The Morgan fingerprint density at radius 3 is 2.59 bits per heavy atom. The number of benzene rings is 2. The maximum absolute atomic E-state index is 11.9. The van der Waals surface area contributed by atoms with E-state index in [4.69, 9.17) is 19.3 Å². The number of phenols is 1. The molecule has 0 bridgehead atoms. The molecule has 1 spiro atoms. The van der Waals surface area contributed by atoms with Gasteiger partial charge in [-0.05, 0) is 24.3 Å². The summed E-state index contributed by atoms with van der Waals surface area (Å²) in [4.78, 5) is 13.8. The maximum atomic E-state index is 11.9. The average molecular weight is 437 g/mol. The molecule has 3 aliphatic heterocycles. The highest BCUT2D eigenvalue weighted by Gasteiger charge is 2.52. The quantitative estimate of drug-likeness (QED) is 0.793. The zero-order valence-corrected chi connectivity index (χ0v) is 18.5. The number of phenolic OH excluding ortho intramolecular Hbond substituents is 1. The first-order chi connectivity index (χ1) is 15.5. The highest BCUT2D eigenvalue weighted by Crippen LogP contribution is 2.52. The third-order valence-corrected chi connectivity index (χ3v) is 6.71. The van der Waals surface area contributed by atoms with E-state index < -0.39 is 5.72 Å². The van der Waals surface area contributed by atoms with E-state index in [1.807, 2.05) is 29.2 Å². The summed E-state index contributed by atoms with van der Waals surface area (Å²) in [7, 11) is 3.18. The van der Waals surface area contributed by atoms with Gasteiger partial charge >= 0.3 is 0 Å². The first kappa shape index (κ1) is 20.5. The normalized spacial score (nSPS) is 20.8. The predicted molar refractivity (Wildman–Crippen MR) is 118 cm³/mol. The fourth-order valence-electron chi connectivity index (χ4n) is 4.96. The molecule has 1 N–H and O–H groups in total. The number of carbonyl (C=O) groups excluding carboxylic acids is 1. The lowest BCUT2D eigenvalue weighted by atomic mass is 9.90. The van der Waals surface area contributed by atoms with Gasteiger partial charge in [0.1, 0.15) is 0 Å². The van der Waals surface area contributed by atoms with Gasteiger partial charge in [-0.3, -0.25) is 4.79 Å². The highest BCUT2D eigenvalue weighted by molar-refractivity contribution is 6.02. The lowest BCUT2D eigenvalue weighted by Gasteiger charge is -2.51. The molecule has 2 aromatic carbocycles. The van der Waals surface area contributed by atoms with Gasteiger partial charge in [0.15, 0.2) is 23.0 Å². The van der Waals surface area contributed by atoms with Gasteiger partial charge in [0.2, 0.25) is 11.6 Å². The van der Waals surface area contributed by atoms with Crippen LogP contribution in [0.25, 0.3) is 0 Å². The number of hydrazone groups is 1. The summed E-state index contributed by atoms with van der Waals surface area (Å²) in [6.45, 7) is 2.83. The van der Waals surface area contributed by atoms with Crippen LogP contribution in [0.2, 0.25) is 0 Å².